The highest BCUT2D eigenvalue weighted by atomic mass is 16.1. The van der Waals surface area contributed by atoms with Crippen LogP contribution < -0.4 is 11.0 Å². The van der Waals surface area contributed by atoms with Gasteiger partial charge in [-0.3, -0.25) is 9.59 Å². The summed E-state index contributed by atoms with van der Waals surface area (Å²) in [6, 6.07) is 3.71. The Morgan fingerprint density at radius 2 is 1.89 bits per heavy atom. The Morgan fingerprint density at radius 1 is 1.11 bits per heavy atom. The van der Waals surface area contributed by atoms with E-state index in [0.29, 0.717) is 0 Å². The predicted molar refractivity (Wildman–Crippen MR) is 33.3 cm³/mol. The van der Waals surface area contributed by atoms with Gasteiger partial charge >= 0.3 is 0 Å². The minimum atomic E-state index is -0.267. The Labute approximate surface area is 51.0 Å². The van der Waals surface area contributed by atoms with Crippen molar-refractivity contribution in [3.63, 3.8) is 0 Å². The number of hydrogen-bond donors (Lipinski definition) is 1. The van der Waals surface area contributed by atoms with Crippen LogP contribution in [0.3, 0.4) is 0 Å². The van der Waals surface area contributed by atoms with E-state index in [9.17, 15) is 9.59 Å². The van der Waals surface area contributed by atoms with Crippen molar-refractivity contribution in [2.45, 2.75) is 0 Å². The summed E-state index contributed by atoms with van der Waals surface area (Å²) in [7, 11) is 0. The normalized spacial score (nSPS) is 8.89. The average Bonchev–Trinajstić information content (AvgIpc) is 1.97. The molecule has 46 valence electrons. The molecular formula is C6H5NO2. The molecule has 1 rings (SSSR count). The molecule has 0 saturated heterocycles. The minimum absolute atomic E-state index is 0.173. The average molecular weight is 123 g/mol. The van der Waals surface area contributed by atoms with Crippen LogP contribution in [0.25, 0.3) is 0 Å². The van der Waals surface area contributed by atoms with Crippen LogP contribution in [0.4, 0.5) is 0 Å². The van der Waals surface area contributed by atoms with Crippen LogP contribution in [0.5, 0.6) is 0 Å². The summed E-state index contributed by atoms with van der Waals surface area (Å²) >= 11 is 0. The second-order valence-corrected chi connectivity index (χ2v) is 1.58. The number of rotatable bonds is 0. The maximum Gasteiger partial charge on any atom is 0.248 e. The van der Waals surface area contributed by atoms with E-state index in [1.165, 1.54) is 24.4 Å². The third-order valence-electron chi connectivity index (χ3n) is 0.872. The fourth-order valence-electron chi connectivity index (χ4n) is 0.467. The van der Waals surface area contributed by atoms with Crippen LogP contribution in [-0.2, 0) is 0 Å². The number of hydrogen-bond acceptors (Lipinski definition) is 2. The van der Waals surface area contributed by atoms with Crippen molar-refractivity contribution in [2.75, 3.05) is 0 Å². The van der Waals surface area contributed by atoms with E-state index in [2.05, 4.69) is 4.98 Å². The first-order valence-corrected chi connectivity index (χ1v) is 2.48. The maximum atomic E-state index is 10.5. The van der Waals surface area contributed by atoms with Gasteiger partial charge in [0.15, 0.2) is 5.43 Å². The third kappa shape index (κ3) is 1.53. The Hall–Kier alpha value is -1.38. The summed E-state index contributed by atoms with van der Waals surface area (Å²) < 4.78 is 0. The molecule has 1 aromatic heterocycles. The van der Waals surface area contributed by atoms with Gasteiger partial charge in [0.05, 0.1) is 0 Å². The molecule has 3 heteroatoms. The second kappa shape index (κ2) is 2.26. The molecule has 3 nitrogen and oxygen atoms in total. The maximum absolute atomic E-state index is 10.5. The quantitative estimate of drug-likeness (QED) is 0.516. The molecule has 0 radical (unpaired) electrons. The molecule has 0 aromatic carbocycles. The van der Waals surface area contributed by atoms with Gasteiger partial charge < -0.3 is 4.98 Å². The molecule has 1 aromatic rings. The van der Waals surface area contributed by atoms with Gasteiger partial charge in [-0.25, -0.2) is 0 Å². The van der Waals surface area contributed by atoms with Gasteiger partial charge in [0.2, 0.25) is 5.56 Å². The molecule has 0 atom stereocenters. The second-order valence-electron chi connectivity index (χ2n) is 1.58. The Balaban J connectivity index is 3.51. The summed E-state index contributed by atoms with van der Waals surface area (Å²) in [5, 5.41) is 0. The van der Waals surface area contributed by atoms with Crippen LogP contribution in [0.2, 0.25) is 0 Å². The molecule has 0 fully saturated rings. The van der Waals surface area contributed by atoms with E-state index in [-0.39, 0.29) is 11.0 Å². The molecule has 0 unspecified atom stereocenters. The van der Waals surface area contributed by atoms with Crippen LogP contribution in [-0.4, -0.2) is 4.98 Å². The Morgan fingerprint density at radius 3 is 2.67 bits per heavy atom. The number of aromatic nitrogens is 1. The van der Waals surface area contributed by atoms with Crippen molar-refractivity contribution >= 4 is 0 Å². The zero-order valence-corrected chi connectivity index (χ0v) is 4.63. The van der Waals surface area contributed by atoms with E-state index in [4.69, 9.17) is 0 Å². The third-order valence-corrected chi connectivity index (χ3v) is 0.872. The van der Waals surface area contributed by atoms with Gasteiger partial charge in [0.25, 0.3) is 0 Å². The molecule has 1 heterocycles. The fourth-order valence-corrected chi connectivity index (χ4v) is 0.467. The van der Waals surface area contributed by atoms with Crippen LogP contribution >= 0.6 is 0 Å². The number of aromatic amines is 1. The van der Waals surface area contributed by atoms with Gasteiger partial charge in [-0.1, -0.05) is 0 Å². The zero-order valence-electron chi connectivity index (χ0n) is 4.63. The van der Waals surface area contributed by atoms with E-state index < -0.39 is 0 Å². The van der Waals surface area contributed by atoms with Crippen LogP contribution in [0.15, 0.2) is 34.0 Å². The van der Waals surface area contributed by atoms with Gasteiger partial charge in [-0.2, -0.15) is 0 Å². The first-order chi connectivity index (χ1) is 4.29. The van der Waals surface area contributed by atoms with Crippen LogP contribution in [0.1, 0.15) is 0 Å². The summed E-state index contributed by atoms with van der Waals surface area (Å²) in [6.07, 6.45) is 1.32. The molecule has 1 N–H and O–H groups in total. The van der Waals surface area contributed by atoms with Gasteiger partial charge in [-0.05, 0) is 6.07 Å². The first kappa shape index (κ1) is 5.75. The van der Waals surface area contributed by atoms with Crippen molar-refractivity contribution < 1.29 is 0 Å². The Bertz CT molecular complexity index is 272. The largest absolute Gasteiger partial charge is 0.329 e. The topological polar surface area (TPSA) is 49.9 Å². The molecule has 0 aliphatic heterocycles. The molecule has 0 saturated carbocycles. The first-order valence-electron chi connectivity index (χ1n) is 2.48. The van der Waals surface area contributed by atoms with Crippen molar-refractivity contribution in [1.82, 2.24) is 4.98 Å². The molecule has 0 bridgehead atoms. The van der Waals surface area contributed by atoms with E-state index in [0.717, 1.165) is 0 Å². The van der Waals surface area contributed by atoms with Crippen molar-refractivity contribution in [3.8, 4) is 0 Å². The predicted octanol–water partition coefficient (Wildman–Crippen LogP) is -0.265. The number of nitrogens with one attached hydrogen (secondary N) is 1. The lowest BCUT2D eigenvalue weighted by molar-refractivity contribution is 1.27. The van der Waals surface area contributed by atoms with Gasteiger partial charge in [0, 0.05) is 18.3 Å². The standard InChI is InChI=1S/C6H5NO2/c8-5-1-2-6(9)7-4-3-5/h1-4H,(H,7,9). The van der Waals surface area contributed by atoms with Crippen molar-refractivity contribution in [2.24, 2.45) is 0 Å². The van der Waals surface area contributed by atoms with Crippen molar-refractivity contribution in [1.29, 1.82) is 0 Å². The highest BCUT2D eigenvalue weighted by molar-refractivity contribution is 4.92. The molecular weight excluding hydrogens is 118 g/mol. The van der Waals surface area contributed by atoms with E-state index in [1.807, 2.05) is 0 Å². The van der Waals surface area contributed by atoms with Gasteiger partial charge in [0.1, 0.15) is 0 Å². The lowest BCUT2D eigenvalue weighted by atomic mass is 10.5. The lowest BCUT2D eigenvalue weighted by Crippen LogP contribution is -1.96. The highest BCUT2D eigenvalue weighted by Gasteiger charge is 1.76. The Kier molecular flexibility index (Phi) is 1.44. The molecule has 9 heavy (non-hydrogen) atoms. The van der Waals surface area contributed by atoms with Gasteiger partial charge in [-0.15, -0.1) is 0 Å². The van der Waals surface area contributed by atoms with Crippen LogP contribution in [0, 0.1) is 0 Å². The zero-order chi connectivity index (χ0) is 6.69. The number of H-pyrrole nitrogens is 1. The summed E-state index contributed by atoms with van der Waals surface area (Å²) in [5.74, 6) is 0. The highest BCUT2D eigenvalue weighted by Crippen LogP contribution is 1.59. The monoisotopic (exact) mass is 123 g/mol. The smallest absolute Gasteiger partial charge is 0.248 e. The lowest BCUT2D eigenvalue weighted by Gasteiger charge is -1.61. The molecule has 0 spiro atoms. The summed E-state index contributed by atoms with van der Waals surface area (Å²) in [4.78, 5) is 23.2. The summed E-state index contributed by atoms with van der Waals surface area (Å²) in [5.41, 5.74) is -0.439. The molecule has 0 amide bonds. The molecule has 0 aliphatic carbocycles. The summed E-state index contributed by atoms with van der Waals surface area (Å²) in [6.45, 7) is 0. The minimum Gasteiger partial charge on any atom is -0.329 e. The van der Waals surface area contributed by atoms with E-state index >= 15 is 0 Å². The van der Waals surface area contributed by atoms with E-state index in [1.54, 1.807) is 0 Å². The van der Waals surface area contributed by atoms with Crippen molar-refractivity contribution in [3.05, 3.63) is 45.0 Å². The fraction of sp³-hybridized carbons (Fsp3) is 0. The molecule has 0 aliphatic rings. The SMILES string of the molecule is O=c1cc[nH]c(=O)cc1.